The Morgan fingerprint density at radius 2 is 2.14 bits per heavy atom. The molecule has 1 aromatic rings. The average Bonchev–Trinajstić information content (AvgIpc) is 2.45. The highest BCUT2D eigenvalue weighted by Gasteiger charge is 2.32. The Labute approximate surface area is 127 Å². The predicted molar refractivity (Wildman–Crippen MR) is 75.5 cm³/mol. The van der Waals surface area contributed by atoms with Crippen LogP contribution in [0.25, 0.3) is 0 Å². The van der Waals surface area contributed by atoms with E-state index < -0.39 is 6.36 Å². The second-order valence-electron chi connectivity index (χ2n) is 5.30. The number of ether oxygens (including phenoxy) is 1. The topological polar surface area (TPSA) is 41.6 Å². The van der Waals surface area contributed by atoms with Gasteiger partial charge in [0.2, 0.25) is 5.91 Å². The molecule has 4 nitrogen and oxygen atoms in total. The van der Waals surface area contributed by atoms with E-state index in [-0.39, 0.29) is 30.5 Å². The number of amides is 1. The maximum Gasteiger partial charge on any atom is 0.573 e. The molecular formula is C15H19F3N2O2. The Kier molecular flexibility index (Phi) is 5.28. The van der Waals surface area contributed by atoms with E-state index in [1.807, 2.05) is 6.92 Å². The standard InChI is InChI=1S/C15H19F3N2O2/c1-11-10-19-8-9-20(11)14(21)7-6-12-4-2-3-5-13(12)22-15(16,17)18/h2-5,11,19H,6-10H2,1H3. The first kappa shape index (κ1) is 16.6. The second-order valence-corrected chi connectivity index (χ2v) is 5.30. The van der Waals surface area contributed by atoms with E-state index in [4.69, 9.17) is 0 Å². The summed E-state index contributed by atoms with van der Waals surface area (Å²) in [5.41, 5.74) is 0.385. The molecule has 0 aromatic heterocycles. The number of nitrogens with zero attached hydrogens (tertiary/aromatic N) is 1. The van der Waals surface area contributed by atoms with Gasteiger partial charge >= 0.3 is 6.36 Å². The summed E-state index contributed by atoms with van der Waals surface area (Å²) in [5, 5.41) is 3.19. The normalized spacial score (nSPS) is 19.1. The molecule has 1 heterocycles. The molecule has 1 fully saturated rings. The van der Waals surface area contributed by atoms with Crippen molar-refractivity contribution < 1.29 is 22.7 Å². The molecule has 1 aliphatic rings. The summed E-state index contributed by atoms with van der Waals surface area (Å²) < 4.78 is 41.1. The number of aryl methyl sites for hydroxylation is 1. The van der Waals surface area contributed by atoms with Gasteiger partial charge in [-0.3, -0.25) is 4.79 Å². The van der Waals surface area contributed by atoms with E-state index in [2.05, 4.69) is 10.1 Å². The van der Waals surface area contributed by atoms with Gasteiger partial charge in [-0.2, -0.15) is 0 Å². The summed E-state index contributed by atoms with van der Waals surface area (Å²) in [6, 6.07) is 6.03. The zero-order valence-corrected chi connectivity index (χ0v) is 12.3. The largest absolute Gasteiger partial charge is 0.573 e. The first-order chi connectivity index (χ1) is 10.4. The molecular weight excluding hydrogens is 297 g/mol. The average molecular weight is 316 g/mol. The molecule has 2 rings (SSSR count). The van der Waals surface area contributed by atoms with Gasteiger partial charge in [0.25, 0.3) is 0 Å². The lowest BCUT2D eigenvalue weighted by Crippen LogP contribution is -2.52. The number of halogens is 3. The van der Waals surface area contributed by atoms with Gasteiger partial charge in [0.15, 0.2) is 0 Å². The van der Waals surface area contributed by atoms with Crippen molar-refractivity contribution >= 4 is 5.91 Å². The minimum absolute atomic E-state index is 0.0455. The molecule has 1 N–H and O–H groups in total. The Morgan fingerprint density at radius 3 is 2.82 bits per heavy atom. The fourth-order valence-electron chi connectivity index (χ4n) is 2.53. The van der Waals surface area contributed by atoms with Crippen molar-refractivity contribution in [3.8, 4) is 5.75 Å². The van der Waals surface area contributed by atoms with Crippen LogP contribution < -0.4 is 10.1 Å². The van der Waals surface area contributed by atoms with Gasteiger partial charge in [-0.1, -0.05) is 18.2 Å². The van der Waals surface area contributed by atoms with Crippen LogP contribution in [0.2, 0.25) is 0 Å². The number of carbonyl (C=O) groups is 1. The highest BCUT2D eigenvalue weighted by molar-refractivity contribution is 5.77. The number of hydrogen-bond acceptors (Lipinski definition) is 3. The minimum Gasteiger partial charge on any atom is -0.406 e. The predicted octanol–water partition coefficient (Wildman–Crippen LogP) is 2.34. The van der Waals surface area contributed by atoms with Crippen LogP contribution in [0.3, 0.4) is 0 Å². The van der Waals surface area contributed by atoms with Gasteiger partial charge in [0, 0.05) is 32.1 Å². The van der Waals surface area contributed by atoms with E-state index in [0.29, 0.717) is 12.1 Å². The van der Waals surface area contributed by atoms with Gasteiger partial charge in [-0.15, -0.1) is 13.2 Å². The van der Waals surface area contributed by atoms with Crippen molar-refractivity contribution in [2.24, 2.45) is 0 Å². The van der Waals surface area contributed by atoms with Crippen molar-refractivity contribution in [3.05, 3.63) is 29.8 Å². The Hall–Kier alpha value is -1.76. The number of benzene rings is 1. The molecule has 1 amide bonds. The molecule has 0 spiro atoms. The smallest absolute Gasteiger partial charge is 0.406 e. The van der Waals surface area contributed by atoms with Crippen LogP contribution in [-0.2, 0) is 11.2 Å². The van der Waals surface area contributed by atoms with E-state index in [1.165, 1.54) is 12.1 Å². The van der Waals surface area contributed by atoms with Crippen LogP contribution >= 0.6 is 0 Å². The number of piperazine rings is 1. The maximum atomic E-state index is 12.4. The van der Waals surface area contributed by atoms with Crippen LogP contribution in [0.15, 0.2) is 24.3 Å². The lowest BCUT2D eigenvalue weighted by Gasteiger charge is -2.34. The van der Waals surface area contributed by atoms with Crippen LogP contribution in [0.1, 0.15) is 18.9 Å². The van der Waals surface area contributed by atoms with Crippen molar-refractivity contribution in [2.45, 2.75) is 32.2 Å². The molecule has 1 aromatic carbocycles. The molecule has 0 saturated carbocycles. The maximum absolute atomic E-state index is 12.4. The van der Waals surface area contributed by atoms with Gasteiger partial charge < -0.3 is 15.0 Å². The summed E-state index contributed by atoms with van der Waals surface area (Å²) in [4.78, 5) is 14.0. The first-order valence-corrected chi connectivity index (χ1v) is 7.20. The lowest BCUT2D eigenvalue weighted by atomic mass is 10.1. The molecule has 7 heteroatoms. The Bertz CT molecular complexity index is 520. The van der Waals surface area contributed by atoms with E-state index in [9.17, 15) is 18.0 Å². The molecule has 0 aliphatic carbocycles. The summed E-state index contributed by atoms with van der Waals surface area (Å²) in [6.07, 6.45) is -4.34. The highest BCUT2D eigenvalue weighted by atomic mass is 19.4. The number of alkyl halides is 3. The molecule has 122 valence electrons. The molecule has 1 saturated heterocycles. The van der Waals surface area contributed by atoms with Gasteiger partial charge in [0.1, 0.15) is 5.75 Å². The number of carbonyl (C=O) groups excluding carboxylic acids is 1. The molecule has 1 atom stereocenters. The second kappa shape index (κ2) is 7.00. The SMILES string of the molecule is CC1CNCCN1C(=O)CCc1ccccc1OC(F)(F)F. The third-order valence-corrected chi connectivity index (χ3v) is 3.63. The zero-order valence-electron chi connectivity index (χ0n) is 12.3. The van der Waals surface area contributed by atoms with Crippen molar-refractivity contribution in [3.63, 3.8) is 0 Å². The van der Waals surface area contributed by atoms with Crippen molar-refractivity contribution in [1.29, 1.82) is 0 Å². The number of hydrogen-bond donors (Lipinski definition) is 1. The van der Waals surface area contributed by atoms with Gasteiger partial charge in [-0.25, -0.2) is 0 Å². The fraction of sp³-hybridized carbons (Fsp3) is 0.533. The van der Waals surface area contributed by atoms with Crippen molar-refractivity contribution in [1.82, 2.24) is 10.2 Å². The quantitative estimate of drug-likeness (QED) is 0.927. The summed E-state index contributed by atoms with van der Waals surface area (Å²) in [5.74, 6) is -0.285. The van der Waals surface area contributed by atoms with Crippen LogP contribution in [0.4, 0.5) is 13.2 Å². The number of rotatable bonds is 4. The van der Waals surface area contributed by atoms with Gasteiger partial charge in [-0.05, 0) is 25.0 Å². The third kappa shape index (κ3) is 4.62. The highest BCUT2D eigenvalue weighted by Crippen LogP contribution is 2.27. The van der Waals surface area contributed by atoms with E-state index in [1.54, 1.807) is 17.0 Å². The number of nitrogens with one attached hydrogen (secondary N) is 1. The number of para-hydroxylation sites is 1. The van der Waals surface area contributed by atoms with Gasteiger partial charge in [0.05, 0.1) is 0 Å². The summed E-state index contributed by atoms with van der Waals surface area (Å²) in [6.45, 7) is 4.05. The van der Waals surface area contributed by atoms with Crippen LogP contribution in [0, 0.1) is 0 Å². The summed E-state index contributed by atoms with van der Waals surface area (Å²) in [7, 11) is 0. The first-order valence-electron chi connectivity index (χ1n) is 7.20. The molecule has 22 heavy (non-hydrogen) atoms. The Morgan fingerprint density at radius 1 is 1.41 bits per heavy atom. The molecule has 1 unspecified atom stereocenters. The monoisotopic (exact) mass is 316 g/mol. The van der Waals surface area contributed by atoms with E-state index in [0.717, 1.165) is 13.1 Å². The Balaban J connectivity index is 1.98. The van der Waals surface area contributed by atoms with Crippen LogP contribution in [-0.4, -0.2) is 42.8 Å². The minimum atomic E-state index is -4.73. The third-order valence-electron chi connectivity index (χ3n) is 3.63. The molecule has 0 bridgehead atoms. The molecule has 1 aliphatic heterocycles. The van der Waals surface area contributed by atoms with Crippen molar-refractivity contribution in [2.75, 3.05) is 19.6 Å². The fourth-order valence-corrected chi connectivity index (χ4v) is 2.53. The molecule has 0 radical (unpaired) electrons. The zero-order chi connectivity index (χ0) is 16.2. The van der Waals surface area contributed by atoms with E-state index >= 15 is 0 Å². The summed E-state index contributed by atoms with van der Waals surface area (Å²) >= 11 is 0. The van der Waals surface area contributed by atoms with Crippen LogP contribution in [0.5, 0.6) is 5.75 Å². The lowest BCUT2D eigenvalue weighted by molar-refractivity contribution is -0.274.